The monoisotopic (exact) mass is 357 g/mol. The Morgan fingerprint density at radius 1 is 1.32 bits per heavy atom. The number of ether oxygens (including phenoxy) is 2. The van der Waals surface area contributed by atoms with E-state index in [0.29, 0.717) is 17.1 Å². The highest BCUT2D eigenvalue weighted by atomic mass is 32.1. The third-order valence-corrected chi connectivity index (χ3v) is 4.40. The van der Waals surface area contributed by atoms with Gasteiger partial charge in [0.05, 0.1) is 17.3 Å². The number of para-hydroxylation sites is 1. The lowest BCUT2D eigenvalue weighted by Gasteiger charge is -1.97. The number of methoxy groups -OCH3 is 1. The highest BCUT2D eigenvalue weighted by Crippen LogP contribution is 2.22. The Morgan fingerprint density at radius 3 is 2.88 bits per heavy atom. The fraction of sp³-hybridized carbons (Fsp3) is 0.167. The summed E-state index contributed by atoms with van der Waals surface area (Å²) in [6.45, 7) is 1.57. The van der Waals surface area contributed by atoms with Crippen LogP contribution in [0.1, 0.15) is 26.9 Å². The largest absolute Gasteiger partial charge is 0.465 e. The molecule has 0 bridgehead atoms. The highest BCUT2D eigenvalue weighted by molar-refractivity contribution is 7.19. The molecule has 0 aliphatic heterocycles. The number of nitrogens with zero attached hydrogens (tertiary/aromatic N) is 1. The molecule has 2 heterocycles. The van der Waals surface area contributed by atoms with E-state index >= 15 is 0 Å². The number of furan rings is 1. The van der Waals surface area contributed by atoms with Crippen molar-refractivity contribution >= 4 is 39.6 Å². The van der Waals surface area contributed by atoms with Crippen LogP contribution in [0.5, 0.6) is 0 Å². The summed E-state index contributed by atoms with van der Waals surface area (Å²) in [5, 5.41) is 0.722. The van der Waals surface area contributed by atoms with Gasteiger partial charge in [0.2, 0.25) is 0 Å². The van der Waals surface area contributed by atoms with Crippen molar-refractivity contribution in [3.05, 3.63) is 58.5 Å². The first-order chi connectivity index (χ1) is 12.1. The van der Waals surface area contributed by atoms with E-state index in [0.717, 1.165) is 15.2 Å². The fourth-order valence-corrected chi connectivity index (χ4v) is 3.09. The summed E-state index contributed by atoms with van der Waals surface area (Å²) in [5.41, 5.74) is 1.21. The van der Waals surface area contributed by atoms with Crippen molar-refractivity contribution in [1.82, 2.24) is 4.98 Å². The van der Waals surface area contributed by atoms with E-state index in [2.05, 4.69) is 9.72 Å². The van der Waals surface area contributed by atoms with Gasteiger partial charge in [-0.05, 0) is 31.2 Å². The summed E-state index contributed by atoms with van der Waals surface area (Å²) < 4.78 is 16.2. The fourth-order valence-electron chi connectivity index (χ4n) is 2.22. The van der Waals surface area contributed by atoms with Crippen molar-refractivity contribution in [2.45, 2.75) is 13.5 Å². The lowest BCUT2D eigenvalue weighted by atomic mass is 10.2. The van der Waals surface area contributed by atoms with Crippen LogP contribution in [-0.2, 0) is 20.9 Å². The van der Waals surface area contributed by atoms with Crippen LogP contribution in [0.4, 0.5) is 0 Å². The van der Waals surface area contributed by atoms with Crippen LogP contribution in [-0.4, -0.2) is 24.0 Å². The molecule has 0 saturated carbocycles. The van der Waals surface area contributed by atoms with E-state index < -0.39 is 11.9 Å². The molecule has 7 heteroatoms. The first-order valence-electron chi connectivity index (χ1n) is 7.45. The molecule has 0 aliphatic rings. The maximum atomic E-state index is 11.8. The lowest BCUT2D eigenvalue weighted by molar-refractivity contribution is -0.139. The van der Waals surface area contributed by atoms with Gasteiger partial charge >= 0.3 is 11.9 Å². The molecule has 6 nitrogen and oxygen atoms in total. The number of carbonyl (C=O) groups excluding carboxylic acids is 2. The predicted molar refractivity (Wildman–Crippen MR) is 93.2 cm³/mol. The van der Waals surface area contributed by atoms with Gasteiger partial charge in [-0.1, -0.05) is 12.1 Å². The molecule has 0 spiro atoms. The van der Waals surface area contributed by atoms with Crippen LogP contribution < -0.4 is 0 Å². The Labute approximate surface area is 147 Å². The molecule has 1 aromatic carbocycles. The standard InChI is InChI=1S/C18H15NO5S/c1-11-13(18(21)22-2)9-12(24-11)10-23-17(20)8-7-16-19-14-5-3-4-6-15(14)25-16/h3-9H,10H2,1-2H3. The zero-order valence-corrected chi connectivity index (χ0v) is 14.5. The zero-order valence-electron chi connectivity index (χ0n) is 13.6. The van der Waals surface area contributed by atoms with Gasteiger partial charge in [-0.25, -0.2) is 14.6 Å². The van der Waals surface area contributed by atoms with Gasteiger partial charge in [0.25, 0.3) is 0 Å². The minimum Gasteiger partial charge on any atom is -0.465 e. The van der Waals surface area contributed by atoms with Gasteiger partial charge in [0.15, 0.2) is 0 Å². The number of hydrogen-bond acceptors (Lipinski definition) is 7. The molecule has 3 rings (SSSR count). The quantitative estimate of drug-likeness (QED) is 0.511. The number of benzene rings is 1. The molecule has 3 aromatic rings. The van der Waals surface area contributed by atoms with Crippen LogP contribution in [0.25, 0.3) is 16.3 Å². The normalized spacial score (nSPS) is 11.1. The van der Waals surface area contributed by atoms with Crippen LogP contribution in [0.15, 0.2) is 40.8 Å². The molecular weight excluding hydrogens is 342 g/mol. The molecule has 0 unspecified atom stereocenters. The first-order valence-corrected chi connectivity index (χ1v) is 8.26. The molecule has 25 heavy (non-hydrogen) atoms. The second-order valence-electron chi connectivity index (χ2n) is 5.14. The van der Waals surface area contributed by atoms with Crippen molar-refractivity contribution in [3.8, 4) is 0 Å². The number of aromatic nitrogens is 1. The average Bonchev–Trinajstić information content (AvgIpc) is 3.20. The molecule has 0 amide bonds. The van der Waals surface area contributed by atoms with Crippen molar-refractivity contribution < 1.29 is 23.5 Å². The van der Waals surface area contributed by atoms with E-state index in [9.17, 15) is 9.59 Å². The number of rotatable bonds is 5. The average molecular weight is 357 g/mol. The van der Waals surface area contributed by atoms with E-state index in [1.54, 1.807) is 13.0 Å². The van der Waals surface area contributed by atoms with E-state index in [-0.39, 0.29) is 6.61 Å². The van der Waals surface area contributed by atoms with Crippen LogP contribution >= 0.6 is 11.3 Å². The molecule has 0 N–H and O–H groups in total. The van der Waals surface area contributed by atoms with E-state index in [1.807, 2.05) is 24.3 Å². The number of esters is 2. The number of fused-ring (bicyclic) bond motifs is 1. The molecule has 0 saturated heterocycles. The summed E-state index contributed by atoms with van der Waals surface area (Å²) in [7, 11) is 1.29. The molecule has 0 fully saturated rings. The number of thiazole rings is 1. The number of hydrogen-bond donors (Lipinski definition) is 0. The molecule has 0 radical (unpaired) electrons. The topological polar surface area (TPSA) is 78.6 Å². The maximum absolute atomic E-state index is 11.8. The molecular formula is C18H15NO5S. The molecule has 0 aliphatic carbocycles. The van der Waals surface area contributed by atoms with Crippen LogP contribution in [0, 0.1) is 6.92 Å². The maximum Gasteiger partial charge on any atom is 0.341 e. The smallest absolute Gasteiger partial charge is 0.341 e. The lowest BCUT2D eigenvalue weighted by Crippen LogP contribution is -2.01. The molecule has 0 atom stereocenters. The minimum absolute atomic E-state index is 0.0686. The van der Waals surface area contributed by atoms with Gasteiger partial charge < -0.3 is 13.9 Å². The molecule has 128 valence electrons. The summed E-state index contributed by atoms with van der Waals surface area (Å²) in [4.78, 5) is 27.7. The second kappa shape index (κ2) is 7.31. The molecule has 2 aromatic heterocycles. The first kappa shape index (κ1) is 16.9. The minimum atomic E-state index is -0.520. The van der Waals surface area contributed by atoms with Crippen molar-refractivity contribution in [3.63, 3.8) is 0 Å². The van der Waals surface area contributed by atoms with Gasteiger partial charge in [-0.2, -0.15) is 0 Å². The third kappa shape index (κ3) is 3.95. The van der Waals surface area contributed by atoms with Crippen molar-refractivity contribution in [2.75, 3.05) is 7.11 Å². The number of aryl methyl sites for hydroxylation is 1. The summed E-state index contributed by atoms with van der Waals surface area (Å²) in [6.07, 6.45) is 2.93. The van der Waals surface area contributed by atoms with Crippen LogP contribution in [0.3, 0.4) is 0 Å². The van der Waals surface area contributed by atoms with Gasteiger partial charge in [0.1, 0.15) is 28.7 Å². The van der Waals surface area contributed by atoms with Crippen LogP contribution in [0.2, 0.25) is 0 Å². The second-order valence-corrected chi connectivity index (χ2v) is 6.20. The third-order valence-electron chi connectivity index (χ3n) is 3.40. The summed E-state index contributed by atoms with van der Waals surface area (Å²) in [5.74, 6) is -0.218. The Morgan fingerprint density at radius 2 is 2.12 bits per heavy atom. The SMILES string of the molecule is COC(=O)c1cc(COC(=O)C=Cc2nc3ccccc3s2)oc1C. The Hall–Kier alpha value is -2.93. The van der Waals surface area contributed by atoms with Crippen molar-refractivity contribution in [2.24, 2.45) is 0 Å². The number of carbonyl (C=O) groups is 2. The van der Waals surface area contributed by atoms with E-state index in [1.165, 1.54) is 30.6 Å². The van der Waals surface area contributed by atoms with Gasteiger partial charge in [0, 0.05) is 6.08 Å². The van der Waals surface area contributed by atoms with Gasteiger partial charge in [-0.3, -0.25) is 0 Å². The zero-order chi connectivity index (χ0) is 17.8. The summed E-state index contributed by atoms with van der Waals surface area (Å²) in [6, 6.07) is 9.25. The Balaban J connectivity index is 1.60. The highest BCUT2D eigenvalue weighted by Gasteiger charge is 2.15. The Kier molecular flexibility index (Phi) is 4.95. The van der Waals surface area contributed by atoms with Gasteiger partial charge in [-0.15, -0.1) is 11.3 Å². The van der Waals surface area contributed by atoms with Crippen molar-refractivity contribution in [1.29, 1.82) is 0 Å². The predicted octanol–water partition coefficient (Wildman–Crippen LogP) is 3.74. The van der Waals surface area contributed by atoms with E-state index in [4.69, 9.17) is 9.15 Å². The Bertz CT molecular complexity index is 920. The summed E-state index contributed by atoms with van der Waals surface area (Å²) >= 11 is 1.49.